The van der Waals surface area contributed by atoms with Crippen LogP contribution in [0.5, 0.6) is 0 Å². The average Bonchev–Trinajstić information content (AvgIpc) is 3.13. The Labute approximate surface area is 165 Å². The SMILES string of the molecule is CCC(=O)N(CC(=O)N1CCc2sccc2[C@H]1c1ccc(C)cc1)C(C)C. The van der Waals surface area contributed by atoms with Gasteiger partial charge in [-0.2, -0.15) is 0 Å². The summed E-state index contributed by atoms with van der Waals surface area (Å²) in [6.45, 7) is 8.68. The second-order valence-electron chi connectivity index (χ2n) is 7.42. The van der Waals surface area contributed by atoms with Gasteiger partial charge in [0.15, 0.2) is 0 Å². The van der Waals surface area contributed by atoms with Gasteiger partial charge in [0, 0.05) is 23.9 Å². The molecule has 3 rings (SSSR count). The number of carbonyl (C=O) groups is 2. The first-order valence-corrected chi connectivity index (χ1v) is 10.5. The van der Waals surface area contributed by atoms with E-state index in [0.29, 0.717) is 13.0 Å². The molecule has 1 aliphatic heterocycles. The van der Waals surface area contributed by atoms with Crippen LogP contribution < -0.4 is 0 Å². The Morgan fingerprint density at radius 1 is 1.22 bits per heavy atom. The van der Waals surface area contributed by atoms with E-state index in [1.165, 1.54) is 16.0 Å². The van der Waals surface area contributed by atoms with Crippen molar-refractivity contribution in [1.29, 1.82) is 0 Å². The van der Waals surface area contributed by atoms with E-state index >= 15 is 0 Å². The molecule has 144 valence electrons. The van der Waals surface area contributed by atoms with Crippen molar-refractivity contribution in [3.05, 3.63) is 57.3 Å². The Morgan fingerprint density at radius 2 is 1.93 bits per heavy atom. The smallest absolute Gasteiger partial charge is 0.243 e. The molecule has 1 aliphatic rings. The van der Waals surface area contributed by atoms with E-state index in [0.717, 1.165) is 12.0 Å². The van der Waals surface area contributed by atoms with Crippen molar-refractivity contribution in [2.75, 3.05) is 13.1 Å². The summed E-state index contributed by atoms with van der Waals surface area (Å²) in [6.07, 6.45) is 1.30. The number of thiophene rings is 1. The molecule has 2 amide bonds. The highest BCUT2D eigenvalue weighted by molar-refractivity contribution is 7.10. The molecular weight excluding hydrogens is 356 g/mol. The zero-order chi connectivity index (χ0) is 19.6. The van der Waals surface area contributed by atoms with E-state index < -0.39 is 0 Å². The number of hydrogen-bond acceptors (Lipinski definition) is 3. The largest absolute Gasteiger partial charge is 0.331 e. The molecule has 2 aromatic rings. The lowest BCUT2D eigenvalue weighted by Crippen LogP contribution is -2.48. The van der Waals surface area contributed by atoms with Gasteiger partial charge in [-0.1, -0.05) is 36.8 Å². The quantitative estimate of drug-likeness (QED) is 0.776. The number of nitrogens with zero attached hydrogens (tertiary/aromatic N) is 2. The van der Waals surface area contributed by atoms with Crippen LogP contribution in [-0.4, -0.2) is 40.7 Å². The van der Waals surface area contributed by atoms with Crippen molar-refractivity contribution >= 4 is 23.2 Å². The molecule has 4 nitrogen and oxygen atoms in total. The van der Waals surface area contributed by atoms with E-state index in [1.807, 2.05) is 25.7 Å². The molecule has 1 aromatic heterocycles. The van der Waals surface area contributed by atoms with Gasteiger partial charge in [0.1, 0.15) is 6.54 Å². The van der Waals surface area contributed by atoms with Crippen molar-refractivity contribution in [3.8, 4) is 0 Å². The van der Waals surface area contributed by atoms with E-state index in [-0.39, 0.29) is 30.4 Å². The van der Waals surface area contributed by atoms with Crippen molar-refractivity contribution < 1.29 is 9.59 Å². The fourth-order valence-electron chi connectivity index (χ4n) is 3.69. The number of carbonyl (C=O) groups excluding carboxylic acids is 2. The first-order valence-electron chi connectivity index (χ1n) is 9.64. The Kier molecular flexibility index (Phi) is 6.00. The molecule has 2 heterocycles. The van der Waals surface area contributed by atoms with E-state index in [2.05, 4.69) is 42.6 Å². The molecule has 5 heteroatoms. The maximum absolute atomic E-state index is 13.3. The summed E-state index contributed by atoms with van der Waals surface area (Å²) < 4.78 is 0. The molecule has 0 saturated carbocycles. The minimum atomic E-state index is -0.0705. The van der Waals surface area contributed by atoms with Gasteiger partial charge in [-0.15, -0.1) is 11.3 Å². The van der Waals surface area contributed by atoms with Crippen LogP contribution in [0.15, 0.2) is 35.7 Å². The molecule has 0 aliphatic carbocycles. The minimum Gasteiger partial charge on any atom is -0.331 e. The molecule has 1 aromatic carbocycles. The van der Waals surface area contributed by atoms with Crippen LogP contribution in [0, 0.1) is 6.92 Å². The van der Waals surface area contributed by atoms with Gasteiger partial charge in [0.05, 0.1) is 6.04 Å². The van der Waals surface area contributed by atoms with Gasteiger partial charge in [-0.05, 0) is 49.8 Å². The summed E-state index contributed by atoms with van der Waals surface area (Å²) in [4.78, 5) is 30.5. The van der Waals surface area contributed by atoms with Gasteiger partial charge in [-0.25, -0.2) is 0 Å². The van der Waals surface area contributed by atoms with Crippen molar-refractivity contribution in [1.82, 2.24) is 9.80 Å². The molecule has 0 fully saturated rings. The summed E-state index contributed by atoms with van der Waals surface area (Å²) in [5.74, 6) is 0.0476. The fourth-order valence-corrected chi connectivity index (χ4v) is 4.60. The van der Waals surface area contributed by atoms with Crippen molar-refractivity contribution in [2.45, 2.75) is 52.6 Å². The van der Waals surface area contributed by atoms with Crippen LogP contribution in [0.3, 0.4) is 0 Å². The third kappa shape index (κ3) is 4.08. The molecule has 0 N–H and O–H groups in total. The third-order valence-electron chi connectivity index (χ3n) is 5.23. The predicted molar refractivity (Wildman–Crippen MR) is 110 cm³/mol. The van der Waals surface area contributed by atoms with Crippen molar-refractivity contribution in [2.24, 2.45) is 0 Å². The molecular formula is C22H28N2O2S. The van der Waals surface area contributed by atoms with E-state index in [1.54, 1.807) is 16.2 Å². The Hall–Kier alpha value is -2.14. The zero-order valence-electron chi connectivity index (χ0n) is 16.6. The van der Waals surface area contributed by atoms with Crippen LogP contribution in [-0.2, 0) is 16.0 Å². The van der Waals surface area contributed by atoms with E-state index in [4.69, 9.17) is 0 Å². The maximum atomic E-state index is 13.3. The molecule has 0 bridgehead atoms. The molecule has 0 saturated heterocycles. The number of fused-ring (bicyclic) bond motifs is 1. The summed E-state index contributed by atoms with van der Waals surface area (Å²) in [5, 5.41) is 2.11. The highest BCUT2D eigenvalue weighted by Crippen LogP contribution is 2.38. The van der Waals surface area contributed by atoms with Gasteiger partial charge < -0.3 is 9.80 Å². The van der Waals surface area contributed by atoms with Gasteiger partial charge in [-0.3, -0.25) is 9.59 Å². The van der Waals surface area contributed by atoms with Crippen LogP contribution in [0.4, 0.5) is 0 Å². The first kappa shape index (κ1) is 19.6. The standard InChI is InChI=1S/C22H28N2O2S/c1-5-20(25)24(15(2)3)14-21(26)23-12-10-19-18(11-13-27-19)22(23)17-8-6-16(4)7-9-17/h6-9,11,13,15,22H,5,10,12,14H2,1-4H3/t22-/m1/s1. The topological polar surface area (TPSA) is 40.6 Å². The minimum absolute atomic E-state index is 0.0146. The van der Waals surface area contributed by atoms with Crippen LogP contribution in [0.2, 0.25) is 0 Å². The monoisotopic (exact) mass is 384 g/mol. The predicted octanol–water partition coefficient (Wildman–Crippen LogP) is 4.18. The van der Waals surface area contributed by atoms with Crippen LogP contribution in [0.25, 0.3) is 0 Å². The third-order valence-corrected chi connectivity index (χ3v) is 6.23. The molecule has 27 heavy (non-hydrogen) atoms. The summed E-state index contributed by atoms with van der Waals surface area (Å²) in [5.41, 5.74) is 3.56. The van der Waals surface area contributed by atoms with Gasteiger partial charge >= 0.3 is 0 Å². The molecule has 1 atom stereocenters. The molecule has 0 radical (unpaired) electrons. The first-order chi connectivity index (χ1) is 12.9. The van der Waals surface area contributed by atoms with Crippen LogP contribution in [0.1, 0.15) is 54.8 Å². The number of amides is 2. The van der Waals surface area contributed by atoms with Gasteiger partial charge in [0.25, 0.3) is 0 Å². The zero-order valence-corrected chi connectivity index (χ0v) is 17.4. The number of aryl methyl sites for hydroxylation is 1. The second-order valence-corrected chi connectivity index (χ2v) is 8.42. The lowest BCUT2D eigenvalue weighted by Gasteiger charge is -2.38. The second kappa shape index (κ2) is 8.26. The highest BCUT2D eigenvalue weighted by atomic mass is 32.1. The maximum Gasteiger partial charge on any atom is 0.243 e. The highest BCUT2D eigenvalue weighted by Gasteiger charge is 2.34. The summed E-state index contributed by atoms with van der Waals surface area (Å²) in [7, 11) is 0. The van der Waals surface area contributed by atoms with E-state index in [9.17, 15) is 9.59 Å². The lowest BCUT2D eigenvalue weighted by atomic mass is 9.92. The number of benzene rings is 1. The fraction of sp³-hybridized carbons (Fsp3) is 0.455. The normalized spacial score (nSPS) is 16.3. The van der Waals surface area contributed by atoms with Crippen molar-refractivity contribution in [3.63, 3.8) is 0 Å². The Bertz CT molecular complexity index is 810. The van der Waals surface area contributed by atoms with Gasteiger partial charge in [0.2, 0.25) is 11.8 Å². The summed E-state index contributed by atoms with van der Waals surface area (Å²) in [6, 6.07) is 10.5. The van der Waals surface area contributed by atoms with Crippen LogP contribution >= 0.6 is 11.3 Å². The lowest BCUT2D eigenvalue weighted by molar-refractivity contribution is -0.143. The molecule has 0 spiro atoms. The Morgan fingerprint density at radius 3 is 2.56 bits per heavy atom. The number of hydrogen-bond donors (Lipinski definition) is 0. The number of rotatable bonds is 5. The average molecular weight is 385 g/mol. The summed E-state index contributed by atoms with van der Waals surface area (Å²) >= 11 is 1.77. The Balaban J connectivity index is 1.91. The molecule has 0 unspecified atom stereocenters.